The number of nitrogens with one attached hydrogen (secondary N) is 1. The Labute approximate surface area is 212 Å². The van der Waals surface area contributed by atoms with Crippen LogP contribution in [-0.2, 0) is 21.0 Å². The lowest BCUT2D eigenvalue weighted by Crippen LogP contribution is -2.42. The Morgan fingerprint density at radius 1 is 1.00 bits per heavy atom. The van der Waals surface area contributed by atoms with E-state index in [2.05, 4.69) is 5.32 Å². The summed E-state index contributed by atoms with van der Waals surface area (Å²) in [5.41, 5.74) is 0.583. The Balaban J connectivity index is 1.79. The van der Waals surface area contributed by atoms with Crippen molar-refractivity contribution in [2.24, 2.45) is 0 Å². The lowest BCUT2D eigenvalue weighted by molar-refractivity contribution is -0.137. The number of rotatable bonds is 9. The molecular formula is C25H24ClF3N2O4S. The molecule has 3 aromatic carbocycles. The molecular weight excluding hydrogens is 517 g/mol. The van der Waals surface area contributed by atoms with Crippen LogP contribution in [0.15, 0.2) is 71.6 Å². The summed E-state index contributed by atoms with van der Waals surface area (Å²) < 4.78 is 73.1. The molecule has 0 aliphatic carbocycles. The van der Waals surface area contributed by atoms with Crippen molar-refractivity contribution in [2.45, 2.75) is 24.9 Å². The number of carbonyl (C=O) groups excluding carboxylic acids is 1. The van der Waals surface area contributed by atoms with Crippen LogP contribution in [-0.4, -0.2) is 34.0 Å². The second kappa shape index (κ2) is 11.2. The Bertz CT molecular complexity index is 1330. The number of anilines is 1. The topological polar surface area (TPSA) is 75.7 Å². The molecule has 0 aliphatic heterocycles. The number of hydrogen-bond donors (Lipinski definition) is 1. The van der Waals surface area contributed by atoms with E-state index in [0.717, 1.165) is 23.3 Å². The quantitative estimate of drug-likeness (QED) is 0.370. The van der Waals surface area contributed by atoms with Crippen molar-refractivity contribution in [2.75, 3.05) is 24.0 Å². The van der Waals surface area contributed by atoms with E-state index in [1.165, 1.54) is 24.3 Å². The van der Waals surface area contributed by atoms with E-state index in [0.29, 0.717) is 16.1 Å². The second-order valence-corrected chi connectivity index (χ2v) is 10.2. The SMILES string of the molecule is Cc1ccc(OCCNC(=O)CN(c2ccc(Cl)c(C(F)(F)F)c2)S(=O)(=O)c2ccccc2)cc1C. The molecule has 0 unspecified atom stereocenters. The van der Waals surface area contributed by atoms with Gasteiger partial charge < -0.3 is 10.1 Å². The molecule has 0 aliphatic rings. The van der Waals surface area contributed by atoms with Gasteiger partial charge in [0.05, 0.1) is 27.7 Å². The predicted molar refractivity (Wildman–Crippen MR) is 132 cm³/mol. The molecule has 0 atom stereocenters. The number of ether oxygens (including phenoxy) is 1. The molecule has 0 radical (unpaired) electrons. The summed E-state index contributed by atoms with van der Waals surface area (Å²) in [4.78, 5) is 12.5. The summed E-state index contributed by atoms with van der Waals surface area (Å²) in [6, 6.07) is 15.3. The lowest BCUT2D eigenvalue weighted by Gasteiger charge is -2.25. The fraction of sp³-hybridized carbons (Fsp3) is 0.240. The zero-order valence-corrected chi connectivity index (χ0v) is 21.0. The first-order valence-electron chi connectivity index (χ1n) is 10.8. The second-order valence-electron chi connectivity index (χ2n) is 7.93. The molecule has 0 spiro atoms. The molecule has 36 heavy (non-hydrogen) atoms. The summed E-state index contributed by atoms with van der Waals surface area (Å²) in [6.45, 7) is 3.32. The fourth-order valence-electron chi connectivity index (χ4n) is 3.27. The van der Waals surface area contributed by atoms with Gasteiger partial charge in [-0.1, -0.05) is 35.9 Å². The largest absolute Gasteiger partial charge is 0.492 e. The van der Waals surface area contributed by atoms with E-state index < -0.39 is 39.2 Å². The summed E-state index contributed by atoms with van der Waals surface area (Å²) in [5, 5.41) is 1.95. The van der Waals surface area contributed by atoms with Crippen LogP contribution in [0.1, 0.15) is 16.7 Å². The average Bonchev–Trinajstić information content (AvgIpc) is 2.82. The summed E-state index contributed by atoms with van der Waals surface area (Å²) >= 11 is 5.69. The van der Waals surface area contributed by atoms with Crippen molar-refractivity contribution >= 4 is 33.2 Å². The molecule has 0 saturated carbocycles. The molecule has 0 saturated heterocycles. The minimum Gasteiger partial charge on any atom is -0.492 e. The number of amides is 1. The molecule has 3 aromatic rings. The molecule has 1 N–H and O–H groups in total. The molecule has 0 bridgehead atoms. The average molecular weight is 541 g/mol. The normalized spacial score (nSPS) is 11.7. The number of nitrogens with zero attached hydrogens (tertiary/aromatic N) is 1. The van der Waals surface area contributed by atoms with Crippen LogP contribution in [0.4, 0.5) is 18.9 Å². The molecule has 192 valence electrons. The number of benzene rings is 3. The van der Waals surface area contributed by atoms with Crippen LogP contribution in [0.2, 0.25) is 5.02 Å². The summed E-state index contributed by atoms with van der Waals surface area (Å²) in [6.07, 6.45) is -4.82. The Hall–Kier alpha value is -3.24. The summed E-state index contributed by atoms with van der Waals surface area (Å²) in [5.74, 6) is -0.108. The van der Waals surface area contributed by atoms with E-state index in [1.807, 2.05) is 26.0 Å². The molecule has 0 fully saturated rings. The van der Waals surface area contributed by atoms with Crippen LogP contribution in [0.25, 0.3) is 0 Å². The number of hydrogen-bond acceptors (Lipinski definition) is 4. The molecule has 0 aromatic heterocycles. The smallest absolute Gasteiger partial charge is 0.417 e. The maximum Gasteiger partial charge on any atom is 0.417 e. The Kier molecular flexibility index (Phi) is 8.52. The van der Waals surface area contributed by atoms with Gasteiger partial charge in [0.1, 0.15) is 18.9 Å². The lowest BCUT2D eigenvalue weighted by atomic mass is 10.1. The van der Waals surface area contributed by atoms with Crippen molar-refractivity contribution in [3.05, 3.63) is 88.4 Å². The molecule has 11 heteroatoms. The highest BCUT2D eigenvalue weighted by Gasteiger charge is 2.35. The van der Waals surface area contributed by atoms with E-state index in [-0.39, 0.29) is 23.7 Å². The maximum absolute atomic E-state index is 13.4. The predicted octanol–water partition coefficient (Wildman–Crippen LogP) is 5.37. The van der Waals surface area contributed by atoms with E-state index in [9.17, 15) is 26.4 Å². The van der Waals surface area contributed by atoms with Crippen LogP contribution >= 0.6 is 11.6 Å². The van der Waals surface area contributed by atoms with Crippen molar-refractivity contribution in [1.82, 2.24) is 5.32 Å². The monoisotopic (exact) mass is 540 g/mol. The molecule has 3 rings (SSSR count). The number of carbonyl (C=O) groups is 1. The van der Waals surface area contributed by atoms with E-state index in [1.54, 1.807) is 12.1 Å². The van der Waals surface area contributed by atoms with Gasteiger partial charge in [-0.3, -0.25) is 9.10 Å². The van der Waals surface area contributed by atoms with Gasteiger partial charge in [0.25, 0.3) is 10.0 Å². The number of aryl methyl sites for hydroxylation is 2. The van der Waals surface area contributed by atoms with Gasteiger partial charge in [0.2, 0.25) is 5.91 Å². The Morgan fingerprint density at radius 2 is 1.69 bits per heavy atom. The van der Waals surface area contributed by atoms with Gasteiger partial charge in [-0.05, 0) is 67.4 Å². The van der Waals surface area contributed by atoms with Crippen molar-refractivity contribution in [3.8, 4) is 5.75 Å². The van der Waals surface area contributed by atoms with E-state index >= 15 is 0 Å². The van der Waals surface area contributed by atoms with Gasteiger partial charge in [-0.25, -0.2) is 8.42 Å². The van der Waals surface area contributed by atoms with Gasteiger partial charge in [-0.2, -0.15) is 13.2 Å². The van der Waals surface area contributed by atoms with Gasteiger partial charge in [-0.15, -0.1) is 0 Å². The maximum atomic E-state index is 13.4. The minimum absolute atomic E-state index is 0.0550. The number of halogens is 4. The molecule has 6 nitrogen and oxygen atoms in total. The number of sulfonamides is 1. The Morgan fingerprint density at radius 3 is 2.33 bits per heavy atom. The standard InChI is InChI=1S/C25H24ClF3N2O4S/c1-17-8-10-20(14-18(17)2)35-13-12-30-24(32)16-31(36(33,34)21-6-4-3-5-7-21)19-9-11-23(26)22(15-19)25(27,28)29/h3-11,14-15H,12-13,16H2,1-2H3,(H,30,32). The van der Waals surface area contributed by atoms with E-state index in [4.69, 9.17) is 16.3 Å². The van der Waals surface area contributed by atoms with Crippen LogP contribution in [0.3, 0.4) is 0 Å². The van der Waals surface area contributed by atoms with Crippen LogP contribution < -0.4 is 14.4 Å². The number of alkyl halides is 3. The van der Waals surface area contributed by atoms with Crippen molar-refractivity contribution in [3.63, 3.8) is 0 Å². The van der Waals surface area contributed by atoms with Crippen molar-refractivity contribution in [1.29, 1.82) is 0 Å². The van der Waals surface area contributed by atoms with Crippen LogP contribution in [0, 0.1) is 13.8 Å². The minimum atomic E-state index is -4.82. The highest BCUT2D eigenvalue weighted by molar-refractivity contribution is 7.92. The third-order valence-electron chi connectivity index (χ3n) is 5.33. The highest BCUT2D eigenvalue weighted by Crippen LogP contribution is 2.38. The highest BCUT2D eigenvalue weighted by atomic mass is 35.5. The summed E-state index contributed by atoms with van der Waals surface area (Å²) in [7, 11) is -4.38. The van der Waals surface area contributed by atoms with Gasteiger partial charge >= 0.3 is 6.18 Å². The third-order valence-corrected chi connectivity index (χ3v) is 7.45. The third kappa shape index (κ3) is 6.70. The molecule has 1 amide bonds. The van der Waals surface area contributed by atoms with Gasteiger partial charge in [0, 0.05) is 0 Å². The zero-order chi connectivity index (χ0) is 26.5. The van der Waals surface area contributed by atoms with Gasteiger partial charge in [0.15, 0.2) is 0 Å². The zero-order valence-electron chi connectivity index (χ0n) is 19.5. The van der Waals surface area contributed by atoms with Crippen LogP contribution in [0.5, 0.6) is 5.75 Å². The van der Waals surface area contributed by atoms with Crippen molar-refractivity contribution < 1.29 is 31.1 Å². The molecule has 0 heterocycles. The fourth-order valence-corrected chi connectivity index (χ4v) is 4.93. The first-order valence-corrected chi connectivity index (χ1v) is 12.6. The first-order chi connectivity index (χ1) is 16.9. The first kappa shape index (κ1) is 27.3.